The fourth-order valence-corrected chi connectivity index (χ4v) is 3.20. The number of hydrogen-bond donors (Lipinski definition) is 0. The summed E-state index contributed by atoms with van der Waals surface area (Å²) >= 11 is 0. The zero-order valence-electron chi connectivity index (χ0n) is 14.5. The smallest absolute Gasteiger partial charge is 0.118 e. The van der Waals surface area contributed by atoms with Crippen molar-refractivity contribution in [3.8, 4) is 5.75 Å². The maximum absolute atomic E-state index is 5.27. The van der Waals surface area contributed by atoms with Crippen LogP contribution in [0.5, 0.6) is 5.75 Å². The molecule has 0 unspecified atom stereocenters. The Hall–Kier alpha value is -1.85. The topological polar surface area (TPSA) is 33.5 Å². The number of ether oxygens (including phenoxy) is 1. The molecule has 1 saturated heterocycles. The molecule has 3 rings (SSSR count). The van der Waals surface area contributed by atoms with Gasteiger partial charge in [-0.05, 0) is 31.7 Å². The lowest BCUT2D eigenvalue weighted by atomic mass is 10.0. The molecule has 1 fully saturated rings. The van der Waals surface area contributed by atoms with Gasteiger partial charge in [-0.25, -0.2) is 0 Å². The predicted molar refractivity (Wildman–Crippen MR) is 91.6 cm³/mol. The Kier molecular flexibility index (Phi) is 4.68. The van der Waals surface area contributed by atoms with Crippen molar-refractivity contribution in [2.24, 2.45) is 7.05 Å². The third-order valence-electron chi connectivity index (χ3n) is 4.96. The molecule has 0 radical (unpaired) electrons. The third kappa shape index (κ3) is 3.41. The van der Waals surface area contributed by atoms with Gasteiger partial charge in [0, 0.05) is 50.5 Å². The molecule has 23 heavy (non-hydrogen) atoms. The van der Waals surface area contributed by atoms with Gasteiger partial charge in [0.1, 0.15) is 5.75 Å². The van der Waals surface area contributed by atoms with E-state index in [1.807, 2.05) is 30.1 Å². The molecule has 1 aromatic carbocycles. The van der Waals surface area contributed by atoms with Crippen LogP contribution in [0, 0.1) is 6.92 Å². The first-order valence-electron chi connectivity index (χ1n) is 8.12. The van der Waals surface area contributed by atoms with Gasteiger partial charge in [0.2, 0.25) is 0 Å². The van der Waals surface area contributed by atoms with Crippen LogP contribution in [0.3, 0.4) is 0 Å². The van der Waals surface area contributed by atoms with E-state index in [0.29, 0.717) is 6.04 Å². The molecule has 1 atom stereocenters. The van der Waals surface area contributed by atoms with Gasteiger partial charge in [0.15, 0.2) is 0 Å². The summed E-state index contributed by atoms with van der Waals surface area (Å²) in [6.07, 6.45) is 2.00. The van der Waals surface area contributed by atoms with Gasteiger partial charge in [-0.1, -0.05) is 12.1 Å². The van der Waals surface area contributed by atoms with Gasteiger partial charge in [0.25, 0.3) is 0 Å². The average Bonchev–Trinajstić information content (AvgIpc) is 2.89. The predicted octanol–water partition coefficient (Wildman–Crippen LogP) is 2.23. The Balaban J connectivity index is 1.72. The first-order chi connectivity index (χ1) is 11.1. The second-order valence-corrected chi connectivity index (χ2v) is 6.38. The summed E-state index contributed by atoms with van der Waals surface area (Å²) < 4.78 is 7.22. The van der Waals surface area contributed by atoms with E-state index in [1.54, 1.807) is 7.11 Å². The highest BCUT2D eigenvalue weighted by atomic mass is 16.5. The summed E-state index contributed by atoms with van der Waals surface area (Å²) in [7, 11) is 5.92. The molecule has 0 N–H and O–H groups in total. The minimum absolute atomic E-state index is 0.423. The lowest BCUT2D eigenvalue weighted by Gasteiger charge is -2.39. The van der Waals surface area contributed by atoms with Gasteiger partial charge < -0.3 is 4.74 Å². The van der Waals surface area contributed by atoms with Crippen LogP contribution in [-0.4, -0.2) is 53.4 Å². The van der Waals surface area contributed by atoms with Crippen molar-refractivity contribution >= 4 is 0 Å². The number of aryl methyl sites for hydroxylation is 1. The number of likely N-dealkylation sites (N-methyl/N-ethyl adjacent to an activating group) is 1. The third-order valence-corrected chi connectivity index (χ3v) is 4.96. The zero-order chi connectivity index (χ0) is 16.4. The van der Waals surface area contributed by atoms with Crippen LogP contribution in [0.1, 0.15) is 22.9 Å². The fourth-order valence-electron chi connectivity index (χ4n) is 3.20. The average molecular weight is 314 g/mol. The zero-order valence-corrected chi connectivity index (χ0v) is 14.5. The summed E-state index contributed by atoms with van der Waals surface area (Å²) in [5.74, 6) is 0.912. The minimum atomic E-state index is 0.423. The molecule has 2 aromatic rings. The van der Waals surface area contributed by atoms with Crippen LogP contribution >= 0.6 is 0 Å². The number of aromatic nitrogens is 2. The van der Waals surface area contributed by atoms with E-state index in [4.69, 9.17) is 4.74 Å². The molecular weight excluding hydrogens is 288 g/mol. The summed E-state index contributed by atoms with van der Waals surface area (Å²) in [6.45, 7) is 6.32. The van der Waals surface area contributed by atoms with Crippen molar-refractivity contribution in [3.63, 3.8) is 0 Å². The quantitative estimate of drug-likeness (QED) is 0.866. The number of hydrogen-bond acceptors (Lipinski definition) is 4. The molecule has 0 amide bonds. The largest absolute Gasteiger partial charge is 0.497 e. The van der Waals surface area contributed by atoms with E-state index in [-0.39, 0.29) is 0 Å². The molecule has 0 spiro atoms. The SMILES string of the molecule is COc1ccc([C@H]2CN(Cc3cnn(C)c3C)CCN2C)cc1. The second kappa shape index (κ2) is 6.72. The summed E-state index contributed by atoms with van der Waals surface area (Å²) in [5.41, 5.74) is 3.93. The van der Waals surface area contributed by atoms with Crippen LogP contribution in [0.15, 0.2) is 30.5 Å². The van der Waals surface area contributed by atoms with Crippen LogP contribution in [0.4, 0.5) is 0 Å². The number of nitrogens with zero attached hydrogens (tertiary/aromatic N) is 4. The van der Waals surface area contributed by atoms with Crippen molar-refractivity contribution in [1.29, 1.82) is 0 Å². The fraction of sp³-hybridized carbons (Fsp3) is 0.500. The molecule has 2 heterocycles. The maximum Gasteiger partial charge on any atom is 0.118 e. The molecule has 1 aromatic heterocycles. The van der Waals surface area contributed by atoms with Gasteiger partial charge in [-0.15, -0.1) is 0 Å². The molecule has 0 bridgehead atoms. The van der Waals surface area contributed by atoms with Crippen molar-refractivity contribution < 1.29 is 4.74 Å². The van der Waals surface area contributed by atoms with Crippen LogP contribution < -0.4 is 4.74 Å². The summed E-state index contributed by atoms with van der Waals surface area (Å²) in [5, 5.41) is 4.36. The van der Waals surface area contributed by atoms with Gasteiger partial charge >= 0.3 is 0 Å². The minimum Gasteiger partial charge on any atom is -0.497 e. The van der Waals surface area contributed by atoms with E-state index in [9.17, 15) is 0 Å². The highest BCUT2D eigenvalue weighted by molar-refractivity contribution is 5.29. The van der Waals surface area contributed by atoms with E-state index in [0.717, 1.165) is 31.9 Å². The lowest BCUT2D eigenvalue weighted by molar-refractivity contribution is 0.0903. The van der Waals surface area contributed by atoms with Gasteiger partial charge in [0.05, 0.1) is 13.3 Å². The number of piperazine rings is 1. The highest BCUT2D eigenvalue weighted by Crippen LogP contribution is 2.26. The standard InChI is InChI=1S/C18H26N4O/c1-14-16(11-19-21(14)3)12-22-10-9-20(2)18(13-22)15-5-7-17(23-4)8-6-15/h5-8,11,18H,9-10,12-13H2,1-4H3/t18-/m1/s1. The maximum atomic E-state index is 5.27. The van der Waals surface area contributed by atoms with E-state index in [2.05, 4.69) is 41.0 Å². The Bertz CT molecular complexity index is 650. The normalized spacial score (nSPS) is 19.9. The molecule has 1 aliphatic heterocycles. The van der Waals surface area contributed by atoms with Crippen molar-refractivity contribution in [2.45, 2.75) is 19.5 Å². The highest BCUT2D eigenvalue weighted by Gasteiger charge is 2.26. The van der Waals surface area contributed by atoms with Crippen molar-refractivity contribution in [1.82, 2.24) is 19.6 Å². The Morgan fingerprint density at radius 1 is 1.17 bits per heavy atom. The van der Waals surface area contributed by atoms with Gasteiger partial charge in [-0.3, -0.25) is 14.5 Å². The Morgan fingerprint density at radius 2 is 1.91 bits per heavy atom. The molecule has 5 nitrogen and oxygen atoms in total. The van der Waals surface area contributed by atoms with E-state index >= 15 is 0 Å². The molecule has 124 valence electrons. The summed E-state index contributed by atoms with van der Waals surface area (Å²) in [6, 6.07) is 8.88. The molecule has 1 aliphatic rings. The van der Waals surface area contributed by atoms with E-state index < -0.39 is 0 Å². The van der Waals surface area contributed by atoms with Crippen molar-refractivity contribution in [2.75, 3.05) is 33.8 Å². The monoisotopic (exact) mass is 314 g/mol. The van der Waals surface area contributed by atoms with Crippen LogP contribution in [0.2, 0.25) is 0 Å². The van der Waals surface area contributed by atoms with Crippen molar-refractivity contribution in [3.05, 3.63) is 47.3 Å². The second-order valence-electron chi connectivity index (χ2n) is 6.38. The molecule has 0 saturated carbocycles. The van der Waals surface area contributed by atoms with E-state index in [1.165, 1.54) is 16.8 Å². The Morgan fingerprint density at radius 3 is 2.52 bits per heavy atom. The molecule has 0 aliphatic carbocycles. The first-order valence-corrected chi connectivity index (χ1v) is 8.12. The Labute approximate surface area is 138 Å². The number of benzene rings is 1. The van der Waals surface area contributed by atoms with Crippen LogP contribution in [-0.2, 0) is 13.6 Å². The van der Waals surface area contributed by atoms with Crippen LogP contribution in [0.25, 0.3) is 0 Å². The van der Waals surface area contributed by atoms with Gasteiger partial charge in [-0.2, -0.15) is 5.10 Å². The molecule has 5 heteroatoms. The molecular formula is C18H26N4O. The number of rotatable bonds is 4. The lowest BCUT2D eigenvalue weighted by Crippen LogP contribution is -2.46. The number of methoxy groups -OCH3 is 1. The first kappa shape index (κ1) is 16.0. The summed E-state index contributed by atoms with van der Waals surface area (Å²) in [4.78, 5) is 4.97.